The van der Waals surface area contributed by atoms with Crippen LogP contribution in [0.25, 0.3) is 0 Å². The van der Waals surface area contributed by atoms with E-state index in [1.165, 1.54) is 0 Å². The third-order valence-corrected chi connectivity index (χ3v) is 5.10. The van der Waals surface area contributed by atoms with Crippen LogP contribution in [0.5, 0.6) is 0 Å². The fourth-order valence-electron chi connectivity index (χ4n) is 2.52. The molecule has 0 amide bonds. The number of oxime groups is 1. The third kappa shape index (κ3) is 5.48. The summed E-state index contributed by atoms with van der Waals surface area (Å²) in [4.78, 5) is 17.1. The molecule has 2 aromatic rings. The highest BCUT2D eigenvalue weighted by atomic mass is 31.1. The van der Waals surface area contributed by atoms with Crippen LogP contribution in [0.1, 0.15) is 17.5 Å². The van der Waals surface area contributed by atoms with E-state index in [4.69, 9.17) is 9.57 Å². The molecule has 2 atom stereocenters. The molecule has 3 rings (SSSR count). The van der Waals surface area contributed by atoms with E-state index in [1.807, 2.05) is 60.7 Å². The fraction of sp³-hybridized carbons (Fsp3) is 0.263. The van der Waals surface area contributed by atoms with Crippen LogP contribution in [0.2, 0.25) is 0 Å². The predicted molar refractivity (Wildman–Crippen MR) is 99.2 cm³/mol. The zero-order valence-corrected chi connectivity index (χ0v) is 15.1. The van der Waals surface area contributed by atoms with E-state index in [0.717, 1.165) is 16.8 Å². The number of nitrogens with one attached hydrogen (secondary N) is 1. The number of rotatable bonds is 8. The SMILES string of the molecule is O=C(CN[P+](=O)CC1CC(c2ccccc2)=NO1)OCc1ccccc1. The normalized spacial score (nSPS) is 16.5. The zero-order valence-electron chi connectivity index (χ0n) is 14.2. The minimum atomic E-state index is -1.78. The number of esters is 1. The molecule has 0 bridgehead atoms. The average Bonchev–Trinajstić information content (AvgIpc) is 3.15. The molecule has 26 heavy (non-hydrogen) atoms. The van der Waals surface area contributed by atoms with Gasteiger partial charge in [0.2, 0.25) is 6.16 Å². The number of carbonyl (C=O) groups is 1. The summed E-state index contributed by atoms with van der Waals surface area (Å²) in [6.45, 7) is 0.110. The van der Waals surface area contributed by atoms with Gasteiger partial charge in [0, 0.05) is 6.42 Å². The quantitative estimate of drug-likeness (QED) is 0.569. The van der Waals surface area contributed by atoms with Gasteiger partial charge in [-0.3, -0.25) is 4.79 Å². The Morgan fingerprint density at radius 2 is 1.85 bits per heavy atom. The van der Waals surface area contributed by atoms with Crippen molar-refractivity contribution in [3.8, 4) is 0 Å². The van der Waals surface area contributed by atoms with Crippen molar-refractivity contribution in [1.82, 2.24) is 5.09 Å². The Morgan fingerprint density at radius 3 is 2.58 bits per heavy atom. The lowest BCUT2D eigenvalue weighted by Gasteiger charge is -2.03. The second kappa shape index (κ2) is 9.22. The van der Waals surface area contributed by atoms with Crippen LogP contribution < -0.4 is 5.09 Å². The van der Waals surface area contributed by atoms with Gasteiger partial charge in [0.05, 0.1) is 5.71 Å². The zero-order chi connectivity index (χ0) is 18.2. The summed E-state index contributed by atoms with van der Waals surface area (Å²) >= 11 is 0. The van der Waals surface area contributed by atoms with E-state index in [9.17, 15) is 9.36 Å². The lowest BCUT2D eigenvalue weighted by Crippen LogP contribution is -2.22. The standard InChI is InChI=1S/C19H20N2O4P/c22-19(24-13-15-7-3-1-4-8-15)12-20-26(23)14-17-11-18(21-25-17)16-9-5-2-6-10-16/h1-10,17H,11-14H2,(H,20,23)/q+1. The molecule has 0 radical (unpaired) electrons. The minimum Gasteiger partial charge on any atom is -0.460 e. The molecule has 1 aliphatic heterocycles. The highest BCUT2D eigenvalue weighted by Crippen LogP contribution is 2.24. The van der Waals surface area contributed by atoms with Crippen molar-refractivity contribution in [3.05, 3.63) is 71.8 Å². The van der Waals surface area contributed by atoms with E-state index in [0.29, 0.717) is 12.6 Å². The molecule has 7 heteroatoms. The third-order valence-electron chi connectivity index (χ3n) is 3.85. The van der Waals surface area contributed by atoms with Crippen LogP contribution in [-0.2, 0) is 25.5 Å². The number of hydrogen-bond acceptors (Lipinski definition) is 5. The lowest BCUT2D eigenvalue weighted by atomic mass is 10.1. The molecular weight excluding hydrogens is 351 g/mol. The second-order valence-corrected chi connectivity index (χ2v) is 7.32. The molecule has 1 aliphatic rings. The number of carbonyl (C=O) groups excluding carboxylic acids is 1. The van der Waals surface area contributed by atoms with Gasteiger partial charge in [0.1, 0.15) is 13.2 Å². The van der Waals surface area contributed by atoms with Crippen molar-refractivity contribution in [2.24, 2.45) is 5.16 Å². The summed E-state index contributed by atoms with van der Waals surface area (Å²) in [7, 11) is -1.78. The van der Waals surface area contributed by atoms with Crippen molar-refractivity contribution in [3.63, 3.8) is 0 Å². The van der Waals surface area contributed by atoms with Crippen molar-refractivity contribution in [2.75, 3.05) is 12.7 Å². The Balaban J connectivity index is 1.35. The minimum absolute atomic E-state index is 0.0961. The second-order valence-electron chi connectivity index (χ2n) is 5.88. The summed E-state index contributed by atoms with van der Waals surface area (Å²) in [6.07, 6.45) is 0.647. The Bertz CT molecular complexity index is 781. The largest absolute Gasteiger partial charge is 0.460 e. The highest BCUT2D eigenvalue weighted by Gasteiger charge is 2.31. The first-order valence-electron chi connectivity index (χ1n) is 8.36. The maximum absolute atomic E-state index is 12.1. The van der Waals surface area contributed by atoms with E-state index in [-0.39, 0.29) is 19.3 Å². The summed E-state index contributed by atoms with van der Waals surface area (Å²) in [5.41, 5.74) is 2.76. The molecule has 0 aromatic heterocycles. The first kappa shape index (κ1) is 18.2. The summed E-state index contributed by atoms with van der Waals surface area (Å²) < 4.78 is 17.3. The first-order valence-corrected chi connectivity index (χ1v) is 9.81. The predicted octanol–water partition coefficient (Wildman–Crippen LogP) is 3.26. The van der Waals surface area contributed by atoms with Gasteiger partial charge in [-0.15, -0.1) is 0 Å². The van der Waals surface area contributed by atoms with Gasteiger partial charge >= 0.3 is 13.9 Å². The summed E-state index contributed by atoms with van der Waals surface area (Å²) in [6, 6.07) is 19.2. The maximum Gasteiger partial charge on any atom is 0.436 e. The summed E-state index contributed by atoms with van der Waals surface area (Å²) in [5.74, 6) is -0.439. The van der Waals surface area contributed by atoms with Crippen molar-refractivity contribution in [1.29, 1.82) is 0 Å². The monoisotopic (exact) mass is 371 g/mol. The smallest absolute Gasteiger partial charge is 0.436 e. The Labute approximate surface area is 153 Å². The van der Waals surface area contributed by atoms with Crippen LogP contribution in [-0.4, -0.2) is 30.5 Å². The Morgan fingerprint density at radius 1 is 1.15 bits per heavy atom. The van der Waals surface area contributed by atoms with Gasteiger partial charge in [-0.2, -0.15) is 0 Å². The van der Waals surface area contributed by atoms with Gasteiger partial charge in [-0.1, -0.05) is 75.5 Å². The van der Waals surface area contributed by atoms with Crippen LogP contribution >= 0.6 is 7.95 Å². The molecular formula is C19H20N2O4P+. The van der Waals surface area contributed by atoms with E-state index in [2.05, 4.69) is 10.2 Å². The van der Waals surface area contributed by atoms with Crippen molar-refractivity contribution in [2.45, 2.75) is 19.1 Å². The molecule has 1 N–H and O–H groups in total. The van der Waals surface area contributed by atoms with Crippen LogP contribution in [0.15, 0.2) is 65.8 Å². The summed E-state index contributed by atoms with van der Waals surface area (Å²) in [5, 5.41) is 6.77. The Hall–Kier alpha value is -2.56. The van der Waals surface area contributed by atoms with Gasteiger partial charge in [0.25, 0.3) is 0 Å². The number of ether oxygens (including phenoxy) is 1. The molecule has 0 fully saturated rings. The molecule has 0 spiro atoms. The van der Waals surface area contributed by atoms with Crippen LogP contribution in [0.3, 0.4) is 0 Å². The van der Waals surface area contributed by atoms with Crippen LogP contribution in [0, 0.1) is 0 Å². The fourth-order valence-corrected chi connectivity index (χ4v) is 3.52. The van der Waals surface area contributed by atoms with Crippen molar-refractivity contribution < 1.29 is 18.9 Å². The van der Waals surface area contributed by atoms with Gasteiger partial charge in [-0.25, -0.2) is 0 Å². The molecule has 0 saturated carbocycles. The van der Waals surface area contributed by atoms with Crippen molar-refractivity contribution >= 4 is 19.6 Å². The molecule has 1 heterocycles. The van der Waals surface area contributed by atoms with Gasteiger partial charge in [0.15, 0.2) is 6.10 Å². The van der Waals surface area contributed by atoms with Gasteiger partial charge in [-0.05, 0) is 11.1 Å². The molecule has 6 nitrogen and oxygen atoms in total. The van der Waals surface area contributed by atoms with Crippen LogP contribution in [0.4, 0.5) is 0 Å². The van der Waals surface area contributed by atoms with E-state index in [1.54, 1.807) is 0 Å². The van der Waals surface area contributed by atoms with E-state index >= 15 is 0 Å². The average molecular weight is 371 g/mol. The molecule has 0 aliphatic carbocycles. The topological polar surface area (TPSA) is 77.0 Å². The molecule has 0 saturated heterocycles. The highest BCUT2D eigenvalue weighted by molar-refractivity contribution is 7.42. The molecule has 2 unspecified atom stereocenters. The Kier molecular flexibility index (Phi) is 6.47. The number of nitrogens with zero attached hydrogens (tertiary/aromatic N) is 1. The lowest BCUT2D eigenvalue weighted by molar-refractivity contribution is -0.143. The maximum atomic E-state index is 12.1. The van der Waals surface area contributed by atoms with E-state index < -0.39 is 13.9 Å². The molecule has 134 valence electrons. The molecule has 2 aromatic carbocycles. The first-order chi connectivity index (χ1) is 12.7. The van der Waals surface area contributed by atoms with Gasteiger partial charge < -0.3 is 9.57 Å². The number of benzene rings is 2. The number of hydrogen-bond donors (Lipinski definition) is 1.